The fourth-order valence-corrected chi connectivity index (χ4v) is 11.9. The second-order valence-electron chi connectivity index (χ2n) is 11.1. The second kappa shape index (κ2) is 24.0. The summed E-state index contributed by atoms with van der Waals surface area (Å²) >= 11 is 0. The van der Waals surface area contributed by atoms with Crippen molar-refractivity contribution in [2.24, 2.45) is 0 Å². The van der Waals surface area contributed by atoms with E-state index in [1.807, 2.05) is 0 Å². The summed E-state index contributed by atoms with van der Waals surface area (Å²) in [5, 5.41) is 11.3. The Kier molecular flexibility index (Phi) is 20.2. The molecule has 0 aliphatic carbocycles. The van der Waals surface area contributed by atoms with E-state index in [2.05, 4.69) is 197 Å². The van der Waals surface area contributed by atoms with Crippen molar-refractivity contribution in [1.82, 2.24) is 0 Å². The number of hydrogen-bond donors (Lipinski definition) is 0. The van der Waals surface area contributed by atoms with Crippen LogP contribution in [0.25, 0.3) is 5.32 Å². The normalized spacial score (nSPS) is 11.3. The van der Waals surface area contributed by atoms with Gasteiger partial charge in [-0.05, 0) is 55.5 Å². The molecule has 0 heterocycles. The first kappa shape index (κ1) is 42.0. The van der Waals surface area contributed by atoms with Crippen LogP contribution in [-0.4, -0.2) is 26.5 Å². The molecule has 6 aromatic carbocycles. The Balaban J connectivity index is 0.00000118. The van der Waals surface area contributed by atoms with E-state index in [9.17, 15) is 0 Å². The van der Waals surface area contributed by atoms with Gasteiger partial charge in [-0.2, -0.15) is 18.7 Å². The summed E-state index contributed by atoms with van der Waals surface area (Å²) in [6.45, 7) is 12.9. The molecule has 0 N–H and O–H groups in total. The van der Waals surface area contributed by atoms with Crippen LogP contribution in [0.3, 0.4) is 0 Å². The molecule has 0 aromatic heterocycles. The van der Waals surface area contributed by atoms with Crippen molar-refractivity contribution in [1.29, 1.82) is 0 Å². The number of carbonyl (C=O) groups excluding carboxylic acids is 3. The SMILES string of the molecule is C[C@@H](c1[cH-]ccc1C[N-][C@@H](C[PH+](c1ccccc1)c1ccccc1)c1ccccc1)[PH+](c1ccccc1)c1ccccc1.[CH-]=O.[CH-]=O.[CH-]=O.[Mn]. The Bertz CT molecular complexity index is 1640. The smallest absolute Gasteiger partial charge is 0.0972 e. The number of nitrogens with zero attached hydrogens (tertiary/aromatic N) is 1. The fourth-order valence-electron chi connectivity index (χ4n) is 6.14. The van der Waals surface area contributed by atoms with Crippen molar-refractivity contribution < 1.29 is 31.5 Å². The number of benzene rings is 5. The van der Waals surface area contributed by atoms with Gasteiger partial charge in [0, 0.05) is 17.1 Å². The summed E-state index contributed by atoms with van der Waals surface area (Å²) in [6.07, 6.45) is 1.03. The van der Waals surface area contributed by atoms with Crippen molar-refractivity contribution in [3.63, 3.8) is 0 Å². The first-order valence-electron chi connectivity index (χ1n) is 15.9. The summed E-state index contributed by atoms with van der Waals surface area (Å²) in [5.74, 6) is 0. The maximum Gasteiger partial charge on any atom is 0.0972 e. The minimum Gasteiger partial charge on any atom is -0.660 e. The average Bonchev–Trinajstić information content (AvgIpc) is 3.68. The maximum atomic E-state index is 7.75. The van der Waals surface area contributed by atoms with Crippen molar-refractivity contribution in [2.45, 2.75) is 25.2 Å². The van der Waals surface area contributed by atoms with Gasteiger partial charge in [0.2, 0.25) is 0 Å². The van der Waals surface area contributed by atoms with Crippen LogP contribution in [-0.2, 0) is 38.0 Å². The molecular weight excluding hydrogens is 695 g/mol. The molecule has 4 nitrogen and oxygen atoms in total. The Labute approximate surface area is 310 Å². The van der Waals surface area contributed by atoms with E-state index < -0.39 is 15.8 Å². The molecule has 0 aliphatic rings. The van der Waals surface area contributed by atoms with Crippen LogP contribution in [0.15, 0.2) is 170 Å². The van der Waals surface area contributed by atoms with Gasteiger partial charge in [0.05, 0.1) is 48.9 Å². The van der Waals surface area contributed by atoms with Crippen molar-refractivity contribution in [2.75, 3.05) is 6.16 Å². The molecule has 2 atom stereocenters. The van der Waals surface area contributed by atoms with E-state index in [1.54, 1.807) is 0 Å². The Morgan fingerprint density at radius 1 is 0.560 bits per heavy atom. The van der Waals surface area contributed by atoms with E-state index in [1.165, 1.54) is 37.9 Å². The van der Waals surface area contributed by atoms with Crippen LogP contribution in [0.4, 0.5) is 0 Å². The van der Waals surface area contributed by atoms with Gasteiger partial charge in [0.1, 0.15) is 0 Å². The van der Waals surface area contributed by atoms with Crippen LogP contribution in [0, 0.1) is 0 Å². The molecule has 0 spiro atoms. The third kappa shape index (κ3) is 11.7. The predicted octanol–water partition coefficient (Wildman–Crippen LogP) is 7.99. The van der Waals surface area contributed by atoms with Crippen molar-refractivity contribution >= 4 is 57.4 Å². The second-order valence-corrected chi connectivity index (χ2v) is 16.4. The third-order valence-electron chi connectivity index (χ3n) is 8.32. The number of hydrogen-bond acceptors (Lipinski definition) is 3. The summed E-state index contributed by atoms with van der Waals surface area (Å²) in [6, 6.07) is 62.3. The monoisotopic (exact) mass is 737 g/mol. The first-order chi connectivity index (χ1) is 24.3. The van der Waals surface area contributed by atoms with Gasteiger partial charge < -0.3 is 19.7 Å². The Hall–Kier alpha value is -4.20. The van der Waals surface area contributed by atoms with Gasteiger partial charge in [-0.1, -0.05) is 115 Å². The Morgan fingerprint density at radius 3 is 1.36 bits per heavy atom. The molecule has 6 rings (SSSR count). The van der Waals surface area contributed by atoms with Crippen LogP contribution in [0.2, 0.25) is 0 Å². The zero-order valence-electron chi connectivity index (χ0n) is 28.0. The molecule has 257 valence electrons. The van der Waals surface area contributed by atoms with Crippen LogP contribution < -0.4 is 21.2 Å². The van der Waals surface area contributed by atoms with Gasteiger partial charge >= 0.3 is 0 Å². The van der Waals surface area contributed by atoms with Gasteiger partial charge in [0.15, 0.2) is 0 Å². The maximum absolute atomic E-state index is 7.75. The molecule has 6 aromatic rings. The van der Waals surface area contributed by atoms with Gasteiger partial charge in [-0.15, -0.1) is 5.56 Å². The Morgan fingerprint density at radius 2 is 0.940 bits per heavy atom. The molecule has 7 heteroatoms. The van der Waals surface area contributed by atoms with Crippen molar-refractivity contribution in [3.8, 4) is 0 Å². The largest absolute Gasteiger partial charge is 0.660 e. The molecule has 0 saturated heterocycles. The van der Waals surface area contributed by atoms with Crippen molar-refractivity contribution in [3.05, 3.63) is 192 Å². The molecule has 0 saturated carbocycles. The average molecular weight is 738 g/mol. The van der Waals surface area contributed by atoms with E-state index in [0.29, 0.717) is 5.66 Å². The molecule has 0 unspecified atom stereocenters. The predicted molar refractivity (Wildman–Crippen MR) is 213 cm³/mol. The summed E-state index contributed by atoms with van der Waals surface area (Å²) in [7, 11) is -2.07. The standard InChI is InChI=1S/C40H37NP2.3CHO.Mn/c1-32(43(37-25-13-5-14-26-37)38-27-15-6-16-28-38)39-29-17-20-34(39)30-41-40(33-18-7-2-8-19-33)31-42(35-21-9-3-10-22-35)36-23-11-4-12-24-36;3*1-2;/h2-29,32,40H,30-31H2,1H3;3*1H;/q-2;3*-1;/p+2/t32-,40-;;;;/m0..../s1. The zero-order chi connectivity index (χ0) is 35.3. The van der Waals surface area contributed by atoms with Crippen LogP contribution >= 0.6 is 15.8 Å². The summed E-state index contributed by atoms with van der Waals surface area (Å²) < 4.78 is 0. The first-order valence-corrected chi connectivity index (χ1v) is 19.2. The third-order valence-corrected chi connectivity index (χ3v) is 14.3. The van der Waals surface area contributed by atoms with Crippen LogP contribution in [0.1, 0.15) is 35.3 Å². The van der Waals surface area contributed by atoms with E-state index in [-0.39, 0.29) is 23.1 Å². The quantitative estimate of drug-likeness (QED) is 0.0554. The van der Waals surface area contributed by atoms with E-state index in [4.69, 9.17) is 19.7 Å². The van der Waals surface area contributed by atoms with Gasteiger partial charge in [-0.3, -0.25) is 20.4 Å². The summed E-state index contributed by atoms with van der Waals surface area (Å²) in [5.41, 5.74) is 4.51. The zero-order valence-corrected chi connectivity index (χ0v) is 31.2. The van der Waals surface area contributed by atoms with Crippen LogP contribution in [0.5, 0.6) is 0 Å². The minimum atomic E-state index is -1.04. The number of rotatable bonds is 12. The molecule has 50 heavy (non-hydrogen) atoms. The molecule has 1 radical (unpaired) electrons. The fraction of sp³-hybridized carbons (Fsp3) is 0.116. The molecule has 0 amide bonds. The van der Waals surface area contributed by atoms with E-state index >= 15 is 0 Å². The van der Waals surface area contributed by atoms with Gasteiger partial charge in [-0.25, -0.2) is 11.6 Å². The molecular formula is C43H42MnNO3P2-3. The molecule has 0 bridgehead atoms. The molecule has 0 aliphatic heterocycles. The topological polar surface area (TPSA) is 65.3 Å². The van der Waals surface area contributed by atoms with Gasteiger partial charge in [0.25, 0.3) is 0 Å². The summed E-state index contributed by atoms with van der Waals surface area (Å²) in [4.78, 5) is 23.2. The minimum absolute atomic E-state index is 0. The molecule has 0 fully saturated rings. The van der Waals surface area contributed by atoms with E-state index in [0.717, 1.165) is 12.7 Å².